The van der Waals surface area contributed by atoms with E-state index in [1.807, 2.05) is 6.07 Å². The zero-order chi connectivity index (χ0) is 23.0. The Labute approximate surface area is 179 Å². The minimum absolute atomic E-state index is 0.177. The van der Waals surface area contributed by atoms with E-state index >= 15 is 0 Å². The predicted octanol–water partition coefficient (Wildman–Crippen LogP) is 4.80. The quantitative estimate of drug-likeness (QED) is 0.575. The number of alkyl halides is 3. The van der Waals surface area contributed by atoms with E-state index in [0.29, 0.717) is 34.9 Å². The van der Waals surface area contributed by atoms with Crippen molar-refractivity contribution in [2.75, 3.05) is 5.32 Å². The van der Waals surface area contributed by atoms with Crippen molar-refractivity contribution in [1.82, 2.24) is 5.32 Å². The molecule has 160 valence electrons. The van der Waals surface area contributed by atoms with Gasteiger partial charge in [-0.25, -0.2) is 4.39 Å². The smallest absolute Gasteiger partial charge is 0.341 e. The molecule has 0 radical (unpaired) electrons. The molecule has 0 bridgehead atoms. The number of amides is 2. The molecule has 1 unspecified atom stereocenters. The number of benzene rings is 3. The van der Waals surface area contributed by atoms with Crippen LogP contribution in [0.25, 0.3) is 0 Å². The number of halogens is 4. The van der Waals surface area contributed by atoms with E-state index < -0.39 is 41.0 Å². The first-order chi connectivity index (χ1) is 15.2. The summed E-state index contributed by atoms with van der Waals surface area (Å²) < 4.78 is 52.7. The largest absolute Gasteiger partial charge is 0.416 e. The lowest BCUT2D eigenvalue weighted by atomic mass is 9.95. The Morgan fingerprint density at radius 1 is 1.06 bits per heavy atom. The molecule has 1 aliphatic heterocycles. The van der Waals surface area contributed by atoms with Crippen LogP contribution in [0.4, 0.5) is 23.2 Å². The van der Waals surface area contributed by atoms with Crippen LogP contribution in [0.15, 0.2) is 60.7 Å². The van der Waals surface area contributed by atoms with Crippen LogP contribution in [0.5, 0.6) is 0 Å². The molecule has 4 rings (SSSR count). The first-order valence-corrected chi connectivity index (χ1v) is 9.30. The van der Waals surface area contributed by atoms with E-state index in [1.165, 1.54) is 12.1 Å². The highest BCUT2D eigenvalue weighted by molar-refractivity contribution is 6.07. The number of carbonyl (C=O) groups is 2. The van der Waals surface area contributed by atoms with Gasteiger partial charge >= 0.3 is 6.18 Å². The van der Waals surface area contributed by atoms with Crippen LogP contribution >= 0.6 is 0 Å². The minimum atomic E-state index is -4.82. The second kappa shape index (κ2) is 7.81. The van der Waals surface area contributed by atoms with Crippen LogP contribution in [0.1, 0.15) is 49.0 Å². The van der Waals surface area contributed by atoms with Crippen molar-refractivity contribution in [2.45, 2.75) is 12.2 Å². The molecule has 9 heteroatoms. The molecule has 3 aromatic rings. The third-order valence-electron chi connectivity index (χ3n) is 5.00. The summed E-state index contributed by atoms with van der Waals surface area (Å²) in [5.41, 5.74) is -0.0110. The molecular weight excluding hydrogens is 426 g/mol. The fraction of sp³-hybridized carbons (Fsp3) is 0.0870. The van der Waals surface area contributed by atoms with Crippen LogP contribution in [0.2, 0.25) is 0 Å². The third kappa shape index (κ3) is 3.90. The van der Waals surface area contributed by atoms with Gasteiger partial charge in [0, 0.05) is 22.4 Å². The zero-order valence-electron chi connectivity index (χ0n) is 16.1. The maximum absolute atomic E-state index is 13.7. The molecule has 0 saturated heterocycles. The van der Waals surface area contributed by atoms with Crippen molar-refractivity contribution in [2.24, 2.45) is 0 Å². The fourth-order valence-electron chi connectivity index (χ4n) is 3.58. The molecule has 0 aliphatic carbocycles. The molecule has 32 heavy (non-hydrogen) atoms. The Morgan fingerprint density at radius 2 is 1.81 bits per heavy atom. The molecule has 1 heterocycles. The Morgan fingerprint density at radius 3 is 2.53 bits per heavy atom. The van der Waals surface area contributed by atoms with Gasteiger partial charge in [-0.3, -0.25) is 9.59 Å². The molecule has 0 aromatic heterocycles. The number of nitrogens with one attached hydrogen (secondary N) is 2. The molecule has 1 aliphatic rings. The summed E-state index contributed by atoms with van der Waals surface area (Å²) in [6, 6.07) is 13.9. The van der Waals surface area contributed by atoms with Crippen LogP contribution in [-0.2, 0) is 6.18 Å². The van der Waals surface area contributed by atoms with Gasteiger partial charge in [0.2, 0.25) is 0 Å². The summed E-state index contributed by atoms with van der Waals surface area (Å²) in [7, 11) is 0. The summed E-state index contributed by atoms with van der Waals surface area (Å²) in [4.78, 5) is 25.1. The Kier molecular flexibility index (Phi) is 5.14. The molecule has 0 fully saturated rings. The average molecular weight is 439 g/mol. The van der Waals surface area contributed by atoms with E-state index in [2.05, 4.69) is 10.6 Å². The normalized spacial score (nSPS) is 15.0. The SMILES string of the molecule is N#Cc1cccc(C2NC(=O)c3cccc(NC(=O)c4cc(F)cc(C(F)(F)F)c4)c32)c1. The van der Waals surface area contributed by atoms with Crippen LogP contribution < -0.4 is 10.6 Å². The molecular formula is C23H13F4N3O2. The number of fused-ring (bicyclic) bond motifs is 1. The van der Waals surface area contributed by atoms with Crippen LogP contribution in [0.3, 0.4) is 0 Å². The molecule has 3 aromatic carbocycles. The molecule has 1 atom stereocenters. The highest BCUT2D eigenvalue weighted by Crippen LogP contribution is 2.37. The second-order valence-corrected chi connectivity index (χ2v) is 7.09. The highest BCUT2D eigenvalue weighted by atomic mass is 19.4. The first kappa shape index (κ1) is 21.1. The van der Waals surface area contributed by atoms with E-state index in [1.54, 1.807) is 30.3 Å². The summed E-state index contributed by atoms with van der Waals surface area (Å²) in [6.45, 7) is 0. The van der Waals surface area contributed by atoms with Crippen molar-refractivity contribution in [1.29, 1.82) is 5.26 Å². The maximum atomic E-state index is 13.7. The van der Waals surface area contributed by atoms with E-state index in [0.717, 1.165) is 0 Å². The maximum Gasteiger partial charge on any atom is 0.416 e. The fourth-order valence-corrected chi connectivity index (χ4v) is 3.58. The lowest BCUT2D eigenvalue weighted by molar-refractivity contribution is -0.137. The van der Waals surface area contributed by atoms with Crippen molar-refractivity contribution < 1.29 is 27.2 Å². The number of nitrogens with zero attached hydrogens (tertiary/aromatic N) is 1. The number of hydrogen-bond donors (Lipinski definition) is 2. The van der Waals surface area contributed by atoms with Gasteiger partial charge in [-0.2, -0.15) is 18.4 Å². The van der Waals surface area contributed by atoms with Crippen molar-refractivity contribution in [3.8, 4) is 6.07 Å². The van der Waals surface area contributed by atoms with Crippen molar-refractivity contribution in [3.05, 3.63) is 99.9 Å². The number of carbonyl (C=O) groups excluding carboxylic acids is 2. The number of rotatable bonds is 3. The topological polar surface area (TPSA) is 82.0 Å². The average Bonchev–Trinajstić information content (AvgIpc) is 3.10. The third-order valence-corrected chi connectivity index (χ3v) is 5.00. The number of hydrogen-bond acceptors (Lipinski definition) is 3. The summed E-state index contributed by atoms with van der Waals surface area (Å²) in [5, 5.41) is 14.4. The molecule has 0 saturated carbocycles. The van der Waals surface area contributed by atoms with Gasteiger partial charge in [-0.1, -0.05) is 18.2 Å². The Bertz CT molecular complexity index is 1300. The number of anilines is 1. The first-order valence-electron chi connectivity index (χ1n) is 9.30. The lowest BCUT2D eigenvalue weighted by Crippen LogP contribution is -2.21. The summed E-state index contributed by atoms with van der Waals surface area (Å²) in [5.74, 6) is -2.58. The van der Waals surface area contributed by atoms with Gasteiger partial charge in [0.25, 0.3) is 11.8 Å². The standard InChI is InChI=1S/C23H13F4N3O2/c24-16-9-14(8-15(10-16)23(25,26)27)21(31)29-18-6-2-5-17-19(18)20(30-22(17)32)13-4-1-3-12(7-13)11-28/h1-10,20H,(H,29,31)(H,30,32). The molecule has 2 amide bonds. The van der Waals surface area contributed by atoms with Crippen molar-refractivity contribution >= 4 is 17.5 Å². The van der Waals surface area contributed by atoms with Gasteiger partial charge in [-0.15, -0.1) is 0 Å². The monoisotopic (exact) mass is 439 g/mol. The summed E-state index contributed by atoms with van der Waals surface area (Å²) >= 11 is 0. The zero-order valence-corrected chi connectivity index (χ0v) is 16.1. The van der Waals surface area contributed by atoms with E-state index in [-0.39, 0.29) is 11.3 Å². The Balaban J connectivity index is 1.73. The van der Waals surface area contributed by atoms with Crippen LogP contribution in [0, 0.1) is 17.1 Å². The second-order valence-electron chi connectivity index (χ2n) is 7.09. The lowest BCUT2D eigenvalue weighted by Gasteiger charge is -2.17. The van der Waals surface area contributed by atoms with Gasteiger partial charge in [0.15, 0.2) is 0 Å². The summed E-state index contributed by atoms with van der Waals surface area (Å²) in [6.07, 6.45) is -4.82. The van der Waals surface area contributed by atoms with Gasteiger partial charge in [0.1, 0.15) is 5.82 Å². The Hall–Kier alpha value is -4.19. The van der Waals surface area contributed by atoms with Crippen molar-refractivity contribution in [3.63, 3.8) is 0 Å². The molecule has 2 N–H and O–H groups in total. The van der Waals surface area contributed by atoms with Crippen LogP contribution in [-0.4, -0.2) is 11.8 Å². The van der Waals surface area contributed by atoms with Gasteiger partial charge in [0.05, 0.1) is 23.2 Å². The highest BCUT2D eigenvalue weighted by Gasteiger charge is 2.34. The van der Waals surface area contributed by atoms with E-state index in [4.69, 9.17) is 5.26 Å². The minimum Gasteiger partial charge on any atom is -0.341 e. The molecule has 5 nitrogen and oxygen atoms in total. The van der Waals surface area contributed by atoms with Gasteiger partial charge < -0.3 is 10.6 Å². The van der Waals surface area contributed by atoms with E-state index in [9.17, 15) is 27.2 Å². The molecule has 0 spiro atoms. The predicted molar refractivity (Wildman–Crippen MR) is 106 cm³/mol. The number of nitriles is 1. The van der Waals surface area contributed by atoms with Gasteiger partial charge in [-0.05, 0) is 48.0 Å².